The van der Waals surface area contributed by atoms with Crippen LogP contribution in [0.2, 0.25) is 0 Å². The first-order chi connectivity index (χ1) is 9.31. The van der Waals surface area contributed by atoms with Gasteiger partial charge >= 0.3 is 0 Å². The van der Waals surface area contributed by atoms with Crippen LogP contribution in [0.1, 0.15) is 16.1 Å². The molecule has 0 spiro atoms. The SMILES string of the molecule is Cn1c(CC=O)c(N)c2c(S(=O)(=O)O)cc(C=O)cc21. The summed E-state index contributed by atoms with van der Waals surface area (Å²) in [6.07, 6.45) is 1.10. The van der Waals surface area contributed by atoms with Gasteiger partial charge in [0.2, 0.25) is 0 Å². The second kappa shape index (κ2) is 4.73. The second-order valence-electron chi connectivity index (χ2n) is 4.30. The van der Waals surface area contributed by atoms with Crippen molar-refractivity contribution in [2.75, 3.05) is 5.73 Å². The lowest BCUT2D eigenvalue weighted by Crippen LogP contribution is -2.01. The molecule has 0 saturated heterocycles. The van der Waals surface area contributed by atoms with E-state index in [2.05, 4.69) is 0 Å². The van der Waals surface area contributed by atoms with Gasteiger partial charge in [-0.2, -0.15) is 8.42 Å². The van der Waals surface area contributed by atoms with E-state index in [0.717, 1.165) is 6.07 Å². The van der Waals surface area contributed by atoms with E-state index in [1.54, 1.807) is 7.05 Å². The molecule has 1 aromatic heterocycles. The number of aryl methyl sites for hydroxylation is 1. The van der Waals surface area contributed by atoms with Crippen molar-refractivity contribution in [3.05, 3.63) is 23.4 Å². The van der Waals surface area contributed by atoms with Crippen LogP contribution in [-0.4, -0.2) is 30.1 Å². The monoisotopic (exact) mass is 296 g/mol. The predicted octanol–water partition coefficient (Wildman–Crippen LogP) is 0.561. The first kappa shape index (κ1) is 14.2. The van der Waals surface area contributed by atoms with Crippen LogP contribution in [0.4, 0.5) is 5.69 Å². The van der Waals surface area contributed by atoms with Gasteiger partial charge in [-0.05, 0) is 12.1 Å². The van der Waals surface area contributed by atoms with E-state index in [1.165, 1.54) is 10.6 Å². The van der Waals surface area contributed by atoms with Crippen LogP contribution in [-0.2, 0) is 28.4 Å². The number of nitrogens with zero attached hydrogens (tertiary/aromatic N) is 1. The number of rotatable bonds is 4. The summed E-state index contributed by atoms with van der Waals surface area (Å²) in [5, 5.41) is 0.109. The van der Waals surface area contributed by atoms with E-state index in [1.807, 2.05) is 0 Å². The van der Waals surface area contributed by atoms with Gasteiger partial charge < -0.3 is 15.1 Å². The minimum atomic E-state index is -4.54. The first-order valence-electron chi connectivity index (χ1n) is 5.58. The van der Waals surface area contributed by atoms with Crippen LogP contribution >= 0.6 is 0 Å². The fourth-order valence-corrected chi connectivity index (χ4v) is 2.98. The number of hydrogen-bond acceptors (Lipinski definition) is 5. The number of carbonyl (C=O) groups excluding carboxylic acids is 2. The van der Waals surface area contributed by atoms with E-state index >= 15 is 0 Å². The molecule has 1 aromatic carbocycles. The second-order valence-corrected chi connectivity index (χ2v) is 5.69. The highest BCUT2D eigenvalue weighted by Gasteiger charge is 2.22. The molecule has 0 atom stereocenters. The Morgan fingerprint density at radius 2 is 2.00 bits per heavy atom. The van der Waals surface area contributed by atoms with Crippen molar-refractivity contribution in [1.82, 2.24) is 4.57 Å². The van der Waals surface area contributed by atoms with E-state index in [4.69, 9.17) is 5.73 Å². The molecule has 0 fully saturated rings. The van der Waals surface area contributed by atoms with Gasteiger partial charge in [0.1, 0.15) is 17.5 Å². The lowest BCUT2D eigenvalue weighted by atomic mass is 10.1. The van der Waals surface area contributed by atoms with Crippen molar-refractivity contribution < 1.29 is 22.6 Å². The van der Waals surface area contributed by atoms with Crippen molar-refractivity contribution in [3.8, 4) is 0 Å². The molecule has 0 bridgehead atoms. The summed E-state index contributed by atoms with van der Waals surface area (Å²) in [5.74, 6) is 0. The van der Waals surface area contributed by atoms with Crippen molar-refractivity contribution in [2.24, 2.45) is 7.05 Å². The number of nitrogens with two attached hydrogens (primary N) is 1. The molecule has 20 heavy (non-hydrogen) atoms. The van der Waals surface area contributed by atoms with Crippen molar-refractivity contribution in [2.45, 2.75) is 11.3 Å². The molecule has 0 saturated carbocycles. The number of hydrogen-bond donors (Lipinski definition) is 2. The predicted molar refractivity (Wildman–Crippen MR) is 72.3 cm³/mol. The molecule has 106 valence electrons. The zero-order valence-electron chi connectivity index (χ0n) is 10.5. The smallest absolute Gasteiger partial charge is 0.295 e. The first-order valence-corrected chi connectivity index (χ1v) is 7.02. The van der Waals surface area contributed by atoms with Gasteiger partial charge in [0.05, 0.1) is 11.2 Å². The quantitative estimate of drug-likeness (QED) is 0.628. The molecular weight excluding hydrogens is 284 g/mol. The fraction of sp³-hybridized carbons (Fsp3) is 0.167. The number of aldehydes is 2. The third kappa shape index (κ3) is 2.08. The van der Waals surface area contributed by atoms with Crippen LogP contribution in [0.15, 0.2) is 17.0 Å². The zero-order valence-corrected chi connectivity index (χ0v) is 11.3. The van der Waals surface area contributed by atoms with Gasteiger partial charge in [-0.25, -0.2) is 0 Å². The van der Waals surface area contributed by atoms with E-state index < -0.39 is 15.0 Å². The maximum atomic E-state index is 11.5. The third-order valence-corrected chi connectivity index (χ3v) is 4.02. The van der Waals surface area contributed by atoms with Gasteiger partial charge in [-0.1, -0.05) is 0 Å². The highest BCUT2D eigenvalue weighted by atomic mass is 32.2. The number of fused-ring (bicyclic) bond motifs is 1. The Morgan fingerprint density at radius 3 is 2.50 bits per heavy atom. The summed E-state index contributed by atoms with van der Waals surface area (Å²) in [5.41, 5.74) is 6.83. The molecule has 2 aromatic rings. The number of aromatic nitrogens is 1. The molecule has 1 heterocycles. The van der Waals surface area contributed by atoms with Crippen LogP contribution in [0.5, 0.6) is 0 Å². The van der Waals surface area contributed by atoms with Gasteiger partial charge in [0.15, 0.2) is 0 Å². The molecule has 0 unspecified atom stereocenters. The normalized spacial score (nSPS) is 11.7. The summed E-state index contributed by atoms with van der Waals surface area (Å²) in [4.78, 5) is 21.1. The number of carbonyl (C=O) groups is 2. The standard InChI is InChI=1S/C12H12N2O5S/c1-14-8(2-3-15)12(13)11-9(14)4-7(6-16)5-10(11)20(17,18)19/h3-6H,2,13H2,1H3,(H,17,18,19). The number of benzene rings is 1. The molecular formula is C12H12N2O5S. The van der Waals surface area contributed by atoms with Crippen molar-refractivity contribution >= 4 is 39.3 Å². The van der Waals surface area contributed by atoms with Gasteiger partial charge in [0.25, 0.3) is 10.1 Å². The maximum absolute atomic E-state index is 11.5. The Hall–Kier alpha value is -2.19. The van der Waals surface area contributed by atoms with E-state index in [0.29, 0.717) is 23.8 Å². The highest BCUT2D eigenvalue weighted by Crippen LogP contribution is 2.34. The van der Waals surface area contributed by atoms with E-state index in [-0.39, 0.29) is 23.1 Å². The zero-order chi connectivity index (χ0) is 15.1. The number of anilines is 1. The molecule has 7 nitrogen and oxygen atoms in total. The van der Waals surface area contributed by atoms with Gasteiger partial charge in [0, 0.05) is 30.1 Å². The maximum Gasteiger partial charge on any atom is 0.295 e. The van der Waals surface area contributed by atoms with Crippen molar-refractivity contribution in [3.63, 3.8) is 0 Å². The summed E-state index contributed by atoms with van der Waals surface area (Å²) in [6.45, 7) is 0. The lowest BCUT2D eigenvalue weighted by molar-refractivity contribution is -0.107. The van der Waals surface area contributed by atoms with Crippen LogP contribution in [0.25, 0.3) is 10.9 Å². The number of nitrogen functional groups attached to an aromatic ring is 1. The molecule has 8 heteroatoms. The summed E-state index contributed by atoms with van der Waals surface area (Å²) >= 11 is 0. The van der Waals surface area contributed by atoms with Crippen LogP contribution < -0.4 is 5.73 Å². The summed E-state index contributed by atoms with van der Waals surface area (Å²) in [7, 11) is -2.95. The molecule has 3 N–H and O–H groups in total. The van der Waals surface area contributed by atoms with Crippen molar-refractivity contribution in [1.29, 1.82) is 0 Å². The average Bonchev–Trinajstić information content (AvgIpc) is 2.62. The van der Waals surface area contributed by atoms with E-state index in [9.17, 15) is 22.6 Å². The Morgan fingerprint density at radius 1 is 1.35 bits per heavy atom. The molecule has 0 amide bonds. The molecule has 0 aliphatic rings. The lowest BCUT2D eigenvalue weighted by Gasteiger charge is -2.03. The summed E-state index contributed by atoms with van der Waals surface area (Å²) in [6, 6.07) is 2.49. The Balaban J connectivity index is 3.03. The Kier molecular flexibility index (Phi) is 3.36. The molecule has 0 aliphatic carbocycles. The van der Waals surface area contributed by atoms with Crippen LogP contribution in [0, 0.1) is 0 Å². The molecule has 0 aliphatic heterocycles. The van der Waals surface area contributed by atoms with Gasteiger partial charge in [-0.15, -0.1) is 0 Å². The Labute approximate surface area is 114 Å². The fourth-order valence-electron chi connectivity index (χ4n) is 2.22. The Bertz CT molecular complexity index is 820. The van der Waals surface area contributed by atoms with Gasteiger partial charge in [-0.3, -0.25) is 9.35 Å². The highest BCUT2D eigenvalue weighted by molar-refractivity contribution is 7.86. The average molecular weight is 296 g/mol. The minimum absolute atomic E-state index is 0.00163. The third-order valence-electron chi connectivity index (χ3n) is 3.14. The summed E-state index contributed by atoms with van der Waals surface area (Å²) < 4.78 is 33.7. The molecule has 2 rings (SSSR count). The van der Waals surface area contributed by atoms with Crippen LogP contribution in [0.3, 0.4) is 0 Å². The topological polar surface area (TPSA) is 119 Å². The minimum Gasteiger partial charge on any atom is -0.397 e. The molecule has 0 radical (unpaired) electrons. The largest absolute Gasteiger partial charge is 0.397 e.